The number of amides is 1. The number of thiophene rings is 1. The smallest absolute Gasteiger partial charge is 0.264 e. The molecule has 1 aliphatic carbocycles. The summed E-state index contributed by atoms with van der Waals surface area (Å²) >= 11 is 1.49. The van der Waals surface area contributed by atoms with E-state index in [4.69, 9.17) is 0 Å². The van der Waals surface area contributed by atoms with Crippen molar-refractivity contribution in [2.75, 3.05) is 13.2 Å². The number of rotatable bonds is 5. The molecule has 0 aliphatic heterocycles. The molecule has 1 N–H and O–H groups in total. The number of hydrogen-bond donors (Lipinski definition) is 1. The van der Waals surface area contributed by atoms with E-state index in [0.717, 1.165) is 28.8 Å². The summed E-state index contributed by atoms with van der Waals surface area (Å²) in [7, 11) is 0. The van der Waals surface area contributed by atoms with Crippen LogP contribution in [0.15, 0.2) is 41.8 Å². The molecule has 0 bridgehead atoms. The molecule has 0 saturated heterocycles. The van der Waals surface area contributed by atoms with Crippen LogP contribution in [0, 0.1) is 0 Å². The summed E-state index contributed by atoms with van der Waals surface area (Å²) in [4.78, 5) is 15.5. The molecule has 1 amide bonds. The van der Waals surface area contributed by atoms with Gasteiger partial charge in [0.05, 0.1) is 11.5 Å². The Bertz CT molecular complexity index is 604. The number of carbonyl (C=O) groups is 1. The van der Waals surface area contributed by atoms with Crippen LogP contribution >= 0.6 is 11.3 Å². The third-order valence-corrected chi connectivity index (χ3v) is 4.96. The Kier molecular flexibility index (Phi) is 4.36. The zero-order valence-corrected chi connectivity index (χ0v) is 12.7. The first-order valence-electron chi connectivity index (χ1n) is 7.36. The Morgan fingerprint density at radius 3 is 2.62 bits per heavy atom. The van der Waals surface area contributed by atoms with Crippen LogP contribution in [0.3, 0.4) is 0 Å². The van der Waals surface area contributed by atoms with Gasteiger partial charge in [-0.05, 0) is 36.3 Å². The fourth-order valence-electron chi connectivity index (χ4n) is 2.71. The van der Waals surface area contributed by atoms with Crippen LogP contribution in [-0.2, 0) is 0 Å². The van der Waals surface area contributed by atoms with E-state index in [1.807, 2.05) is 46.7 Å². The van der Waals surface area contributed by atoms with Crippen molar-refractivity contribution in [3.8, 4) is 11.1 Å². The Morgan fingerprint density at radius 2 is 2.00 bits per heavy atom. The quantitative estimate of drug-likeness (QED) is 0.919. The number of carbonyl (C=O) groups excluding carboxylic acids is 1. The minimum Gasteiger partial charge on any atom is -0.395 e. The van der Waals surface area contributed by atoms with E-state index in [0.29, 0.717) is 12.6 Å². The lowest BCUT2D eigenvalue weighted by molar-refractivity contribution is 0.0531. The van der Waals surface area contributed by atoms with Gasteiger partial charge in [0.25, 0.3) is 5.91 Å². The van der Waals surface area contributed by atoms with Crippen molar-refractivity contribution in [3.05, 3.63) is 46.7 Å². The van der Waals surface area contributed by atoms with Crippen molar-refractivity contribution >= 4 is 17.2 Å². The van der Waals surface area contributed by atoms with Gasteiger partial charge in [-0.25, -0.2) is 0 Å². The highest BCUT2D eigenvalue weighted by atomic mass is 32.1. The van der Waals surface area contributed by atoms with Crippen LogP contribution in [0.1, 0.15) is 28.9 Å². The highest BCUT2D eigenvalue weighted by Crippen LogP contribution is 2.32. The zero-order valence-electron chi connectivity index (χ0n) is 11.9. The number of benzene rings is 1. The molecule has 1 fully saturated rings. The Labute approximate surface area is 128 Å². The highest BCUT2D eigenvalue weighted by molar-refractivity contribution is 7.12. The van der Waals surface area contributed by atoms with Gasteiger partial charge in [-0.2, -0.15) is 0 Å². The standard InChI is InChI=1S/C17H19NO2S/c19-11-10-18(14-7-4-8-14)17(20)16-15(9-12-21-16)13-5-2-1-3-6-13/h1-3,5-6,9,12,14,19H,4,7-8,10-11H2. The Hall–Kier alpha value is -1.65. The first kappa shape index (κ1) is 14.3. The van der Waals surface area contributed by atoms with E-state index in [9.17, 15) is 9.90 Å². The molecular weight excluding hydrogens is 282 g/mol. The molecule has 1 aromatic heterocycles. The molecule has 0 spiro atoms. The Balaban J connectivity index is 1.89. The van der Waals surface area contributed by atoms with Crippen molar-refractivity contribution in [2.45, 2.75) is 25.3 Å². The van der Waals surface area contributed by atoms with Gasteiger partial charge in [0.2, 0.25) is 0 Å². The fourth-order valence-corrected chi connectivity index (χ4v) is 3.58. The van der Waals surface area contributed by atoms with Crippen molar-refractivity contribution in [2.24, 2.45) is 0 Å². The van der Waals surface area contributed by atoms with Crippen LogP contribution in [0.4, 0.5) is 0 Å². The maximum atomic E-state index is 12.8. The van der Waals surface area contributed by atoms with Gasteiger partial charge < -0.3 is 10.0 Å². The SMILES string of the molecule is O=C(c1sccc1-c1ccccc1)N(CCO)C1CCC1. The van der Waals surface area contributed by atoms with Crippen LogP contribution in [0.25, 0.3) is 11.1 Å². The number of hydrogen-bond acceptors (Lipinski definition) is 3. The molecule has 1 aromatic carbocycles. The third-order valence-electron chi connectivity index (χ3n) is 4.06. The van der Waals surface area contributed by atoms with E-state index >= 15 is 0 Å². The summed E-state index contributed by atoms with van der Waals surface area (Å²) in [6.45, 7) is 0.448. The third kappa shape index (κ3) is 2.87. The summed E-state index contributed by atoms with van der Waals surface area (Å²) in [5.41, 5.74) is 2.06. The van der Waals surface area contributed by atoms with Gasteiger partial charge >= 0.3 is 0 Å². The van der Waals surface area contributed by atoms with Crippen LogP contribution in [0.5, 0.6) is 0 Å². The summed E-state index contributed by atoms with van der Waals surface area (Å²) in [6.07, 6.45) is 3.28. The van der Waals surface area contributed by atoms with Crippen molar-refractivity contribution in [1.82, 2.24) is 4.90 Å². The van der Waals surface area contributed by atoms with Crippen LogP contribution in [-0.4, -0.2) is 35.1 Å². The minimum absolute atomic E-state index is 0.0221. The van der Waals surface area contributed by atoms with Gasteiger partial charge in [0.15, 0.2) is 0 Å². The van der Waals surface area contributed by atoms with E-state index < -0.39 is 0 Å². The van der Waals surface area contributed by atoms with Gasteiger partial charge in [0.1, 0.15) is 0 Å². The van der Waals surface area contributed by atoms with Crippen molar-refractivity contribution in [3.63, 3.8) is 0 Å². The number of nitrogens with zero attached hydrogens (tertiary/aromatic N) is 1. The van der Waals surface area contributed by atoms with Gasteiger partial charge in [-0.15, -0.1) is 11.3 Å². The summed E-state index contributed by atoms with van der Waals surface area (Å²) in [6, 6.07) is 12.3. The molecule has 110 valence electrons. The van der Waals surface area contributed by atoms with Crippen molar-refractivity contribution < 1.29 is 9.90 Å². The number of aliphatic hydroxyl groups excluding tert-OH is 1. The van der Waals surface area contributed by atoms with Gasteiger partial charge in [-0.3, -0.25) is 4.79 Å². The second kappa shape index (κ2) is 6.41. The highest BCUT2D eigenvalue weighted by Gasteiger charge is 2.30. The first-order valence-corrected chi connectivity index (χ1v) is 8.24. The minimum atomic E-state index is 0.0221. The maximum absolute atomic E-state index is 12.8. The second-order valence-corrected chi connectivity index (χ2v) is 6.25. The maximum Gasteiger partial charge on any atom is 0.264 e. The topological polar surface area (TPSA) is 40.5 Å². The molecule has 3 nitrogen and oxygen atoms in total. The van der Waals surface area contributed by atoms with Crippen LogP contribution in [0.2, 0.25) is 0 Å². The molecule has 1 saturated carbocycles. The monoisotopic (exact) mass is 301 g/mol. The van der Waals surface area contributed by atoms with E-state index in [1.54, 1.807) is 0 Å². The fraction of sp³-hybridized carbons (Fsp3) is 0.353. The molecule has 3 rings (SSSR count). The zero-order chi connectivity index (χ0) is 14.7. The van der Waals surface area contributed by atoms with Crippen molar-refractivity contribution in [1.29, 1.82) is 0 Å². The summed E-state index contributed by atoms with van der Waals surface area (Å²) in [5, 5.41) is 11.2. The molecule has 21 heavy (non-hydrogen) atoms. The van der Waals surface area contributed by atoms with Gasteiger partial charge in [-0.1, -0.05) is 30.3 Å². The molecule has 0 atom stereocenters. The van der Waals surface area contributed by atoms with Gasteiger partial charge in [0, 0.05) is 18.2 Å². The molecule has 0 unspecified atom stereocenters. The van der Waals surface area contributed by atoms with Crippen LogP contribution < -0.4 is 0 Å². The summed E-state index contributed by atoms with van der Waals surface area (Å²) < 4.78 is 0. The lowest BCUT2D eigenvalue weighted by atomic mass is 9.91. The second-order valence-electron chi connectivity index (χ2n) is 5.34. The van der Waals surface area contributed by atoms with E-state index in [2.05, 4.69) is 0 Å². The summed E-state index contributed by atoms with van der Waals surface area (Å²) in [5.74, 6) is 0.0580. The molecule has 1 aliphatic rings. The normalized spacial score (nSPS) is 14.7. The molecular formula is C17H19NO2S. The lowest BCUT2D eigenvalue weighted by Gasteiger charge is -2.37. The predicted octanol–water partition coefficient (Wildman–Crippen LogP) is 3.40. The van der Waals surface area contributed by atoms with E-state index in [-0.39, 0.29) is 12.5 Å². The molecule has 0 radical (unpaired) electrons. The first-order chi connectivity index (χ1) is 10.3. The molecule has 1 heterocycles. The molecule has 4 heteroatoms. The van der Waals surface area contributed by atoms with E-state index in [1.165, 1.54) is 17.8 Å². The lowest BCUT2D eigenvalue weighted by Crippen LogP contribution is -2.45. The average Bonchev–Trinajstić information content (AvgIpc) is 2.94. The average molecular weight is 301 g/mol. The molecule has 2 aromatic rings. The Morgan fingerprint density at radius 1 is 1.24 bits per heavy atom. The largest absolute Gasteiger partial charge is 0.395 e. The predicted molar refractivity (Wildman–Crippen MR) is 85.5 cm³/mol. The number of aliphatic hydroxyl groups is 1.